The number of fused-ring (bicyclic) bond motifs is 1. The lowest BCUT2D eigenvalue weighted by Gasteiger charge is -2.24. The molecule has 0 unspecified atom stereocenters. The summed E-state index contributed by atoms with van der Waals surface area (Å²) in [5.74, 6) is 0. The molecule has 7 heteroatoms. The maximum Gasteiger partial charge on any atom is 0.502 e. The Morgan fingerprint density at radius 3 is 1.90 bits per heavy atom. The van der Waals surface area contributed by atoms with Crippen LogP contribution in [0.25, 0.3) is 33.2 Å². The maximum atomic E-state index is 13.8. The Bertz CT molecular complexity index is 1690. The van der Waals surface area contributed by atoms with Crippen LogP contribution in [0.3, 0.4) is 0 Å². The van der Waals surface area contributed by atoms with Gasteiger partial charge in [0.2, 0.25) is 5.69 Å². The van der Waals surface area contributed by atoms with Crippen LogP contribution < -0.4 is 4.57 Å². The second-order valence-electron chi connectivity index (χ2n) is 12.8. The number of halogens is 3. The topological polar surface area (TPSA) is 38.0 Å². The summed E-state index contributed by atoms with van der Waals surface area (Å²) in [6, 6.07) is 18.9. The molecule has 0 aliphatic rings. The highest BCUT2D eigenvalue weighted by Crippen LogP contribution is 2.40. The number of sulfone groups is 1. The van der Waals surface area contributed by atoms with Crippen LogP contribution in [0.15, 0.2) is 71.8 Å². The number of hydrogen-bond donors (Lipinski definition) is 0. The van der Waals surface area contributed by atoms with E-state index in [1.54, 1.807) is 25.2 Å². The van der Waals surface area contributed by atoms with Gasteiger partial charge in [0.05, 0.1) is 0 Å². The van der Waals surface area contributed by atoms with Crippen molar-refractivity contribution in [3.05, 3.63) is 83.6 Å². The number of alkyl halides is 3. The Labute approximate surface area is 235 Å². The standard InChI is InChI=1S/C33H37F3NO2S/c1-21-24-11-9-10-12-25(24)28(32(5,6)7)17-26(21)29-18-27(23-15-13-22(14-16-23)19-31(2,3)4)30(20-37(29)8)40(38,39)33(34,35)36/h9-18,20H,19H2,1-8H3/q+1. The van der Waals surface area contributed by atoms with Crippen molar-refractivity contribution in [2.45, 2.75) is 70.7 Å². The minimum absolute atomic E-state index is 0.0256. The van der Waals surface area contributed by atoms with Gasteiger partial charge in [-0.3, -0.25) is 0 Å². The fraction of sp³-hybridized carbons (Fsp3) is 0.364. The van der Waals surface area contributed by atoms with Crippen LogP contribution in [-0.2, 0) is 28.7 Å². The lowest BCUT2D eigenvalue weighted by Crippen LogP contribution is -2.34. The Kier molecular flexibility index (Phi) is 7.46. The lowest BCUT2D eigenvalue weighted by molar-refractivity contribution is -0.662. The maximum absolute atomic E-state index is 13.8. The van der Waals surface area contributed by atoms with Crippen molar-refractivity contribution in [1.29, 1.82) is 0 Å². The molecule has 4 aromatic rings. The van der Waals surface area contributed by atoms with E-state index in [4.69, 9.17) is 0 Å². The summed E-state index contributed by atoms with van der Waals surface area (Å²) in [5.41, 5.74) is -0.602. The Hall–Kier alpha value is -3.19. The number of hydrogen-bond acceptors (Lipinski definition) is 2. The summed E-state index contributed by atoms with van der Waals surface area (Å²) in [5, 5.41) is 2.16. The third kappa shape index (κ3) is 5.67. The predicted molar refractivity (Wildman–Crippen MR) is 156 cm³/mol. The van der Waals surface area contributed by atoms with Gasteiger partial charge in [0, 0.05) is 17.2 Å². The molecule has 0 radical (unpaired) electrons. The monoisotopic (exact) mass is 568 g/mol. The van der Waals surface area contributed by atoms with Gasteiger partial charge in [-0.05, 0) is 63.3 Å². The summed E-state index contributed by atoms with van der Waals surface area (Å²) in [7, 11) is -4.02. The number of aromatic nitrogens is 1. The van der Waals surface area contributed by atoms with Gasteiger partial charge in [-0.1, -0.05) is 90.1 Å². The number of rotatable bonds is 4. The molecule has 0 N–H and O–H groups in total. The zero-order chi connectivity index (χ0) is 29.8. The highest BCUT2D eigenvalue weighted by atomic mass is 32.2. The molecular formula is C33H37F3NO2S+. The Morgan fingerprint density at radius 1 is 0.800 bits per heavy atom. The highest BCUT2D eigenvalue weighted by Gasteiger charge is 2.49. The fourth-order valence-electron chi connectivity index (χ4n) is 5.28. The van der Waals surface area contributed by atoms with Crippen LogP contribution in [-0.4, -0.2) is 13.9 Å². The SMILES string of the molecule is Cc1c(-c2cc(-c3ccc(CC(C)(C)C)cc3)c(S(=O)(=O)C(F)(F)F)c[n+]2C)cc(C(C)(C)C)c2ccccc12. The van der Waals surface area contributed by atoms with Crippen molar-refractivity contribution in [2.75, 3.05) is 0 Å². The molecule has 3 nitrogen and oxygen atoms in total. The van der Waals surface area contributed by atoms with Crippen LogP contribution in [0.4, 0.5) is 13.2 Å². The number of pyridine rings is 1. The normalized spacial score (nSPS) is 13.2. The predicted octanol–water partition coefficient (Wildman–Crippen LogP) is 8.49. The molecule has 0 saturated heterocycles. The van der Waals surface area contributed by atoms with E-state index < -0.39 is 20.2 Å². The van der Waals surface area contributed by atoms with Crippen molar-refractivity contribution in [2.24, 2.45) is 12.5 Å². The van der Waals surface area contributed by atoms with Crippen molar-refractivity contribution in [1.82, 2.24) is 0 Å². The van der Waals surface area contributed by atoms with Gasteiger partial charge >= 0.3 is 5.51 Å². The first-order valence-electron chi connectivity index (χ1n) is 13.3. The number of aryl methyl sites for hydroxylation is 2. The van der Waals surface area contributed by atoms with Crippen LogP contribution in [0.1, 0.15) is 58.2 Å². The molecule has 212 valence electrons. The summed E-state index contributed by atoms with van der Waals surface area (Å²) in [6.45, 7) is 14.7. The molecule has 3 aromatic carbocycles. The fourth-order valence-corrected chi connectivity index (χ4v) is 6.29. The zero-order valence-corrected chi connectivity index (χ0v) is 25.2. The first-order chi connectivity index (χ1) is 18.3. The minimum atomic E-state index is -5.61. The van der Waals surface area contributed by atoms with E-state index in [-0.39, 0.29) is 16.4 Å². The molecule has 0 saturated carbocycles. The molecule has 40 heavy (non-hydrogen) atoms. The molecule has 0 aliphatic carbocycles. The first kappa shape index (κ1) is 29.8. The molecule has 1 aromatic heterocycles. The van der Waals surface area contributed by atoms with Gasteiger partial charge in [-0.15, -0.1) is 0 Å². The molecule has 0 atom stereocenters. The second kappa shape index (κ2) is 10.0. The number of nitrogens with zero attached hydrogens (tertiary/aromatic N) is 1. The third-order valence-corrected chi connectivity index (χ3v) is 8.74. The van der Waals surface area contributed by atoms with Gasteiger partial charge in [0.1, 0.15) is 11.9 Å². The Balaban J connectivity index is 2.04. The molecule has 1 heterocycles. The van der Waals surface area contributed by atoms with E-state index in [0.29, 0.717) is 11.3 Å². The smallest absolute Gasteiger partial charge is 0.214 e. The van der Waals surface area contributed by atoms with Gasteiger partial charge < -0.3 is 0 Å². The average molecular weight is 569 g/mol. The molecule has 0 aliphatic heterocycles. The van der Waals surface area contributed by atoms with Gasteiger partial charge in [0.15, 0.2) is 6.20 Å². The third-order valence-electron chi connectivity index (χ3n) is 7.23. The van der Waals surface area contributed by atoms with Gasteiger partial charge in [-0.2, -0.15) is 17.7 Å². The van der Waals surface area contributed by atoms with E-state index in [1.165, 1.54) is 4.57 Å². The van der Waals surface area contributed by atoms with Gasteiger partial charge in [0.25, 0.3) is 9.84 Å². The molecule has 0 amide bonds. The van der Waals surface area contributed by atoms with Crippen LogP contribution in [0, 0.1) is 12.3 Å². The summed E-state index contributed by atoms with van der Waals surface area (Å²) in [4.78, 5) is -0.760. The molecular weight excluding hydrogens is 531 g/mol. The molecule has 4 rings (SSSR count). The highest BCUT2D eigenvalue weighted by molar-refractivity contribution is 7.92. The second-order valence-corrected chi connectivity index (χ2v) is 14.7. The molecule has 0 fully saturated rings. The quantitative estimate of drug-likeness (QED) is 0.232. The minimum Gasteiger partial charge on any atom is -0.214 e. The molecule has 0 bridgehead atoms. The molecule has 0 spiro atoms. The van der Waals surface area contributed by atoms with E-state index in [9.17, 15) is 21.6 Å². The van der Waals surface area contributed by atoms with Crippen molar-refractivity contribution < 1.29 is 26.2 Å². The Morgan fingerprint density at radius 2 is 1.38 bits per heavy atom. The van der Waals surface area contributed by atoms with Crippen molar-refractivity contribution in [3.63, 3.8) is 0 Å². The summed E-state index contributed by atoms with van der Waals surface area (Å²) in [6.07, 6.45) is 1.88. The van der Waals surface area contributed by atoms with E-state index in [0.717, 1.165) is 45.6 Å². The summed E-state index contributed by atoms with van der Waals surface area (Å²) < 4.78 is 68.6. The first-order valence-corrected chi connectivity index (χ1v) is 14.8. The average Bonchev–Trinajstić information content (AvgIpc) is 2.83. The van der Waals surface area contributed by atoms with Gasteiger partial charge in [-0.25, -0.2) is 8.42 Å². The largest absolute Gasteiger partial charge is 0.502 e. The lowest BCUT2D eigenvalue weighted by atomic mass is 9.80. The van der Waals surface area contributed by atoms with Crippen molar-refractivity contribution in [3.8, 4) is 22.4 Å². The summed E-state index contributed by atoms with van der Waals surface area (Å²) >= 11 is 0. The van der Waals surface area contributed by atoms with E-state index in [2.05, 4.69) is 53.7 Å². The van der Waals surface area contributed by atoms with Crippen molar-refractivity contribution >= 4 is 20.6 Å². The van der Waals surface area contributed by atoms with E-state index >= 15 is 0 Å². The van der Waals surface area contributed by atoms with Crippen LogP contribution in [0.5, 0.6) is 0 Å². The van der Waals surface area contributed by atoms with Crippen LogP contribution >= 0.6 is 0 Å². The zero-order valence-electron chi connectivity index (χ0n) is 24.4. The number of benzene rings is 3. The van der Waals surface area contributed by atoms with Crippen LogP contribution in [0.2, 0.25) is 0 Å². The van der Waals surface area contributed by atoms with E-state index in [1.807, 2.05) is 37.3 Å².